The van der Waals surface area contributed by atoms with Crippen molar-refractivity contribution in [1.29, 1.82) is 0 Å². The van der Waals surface area contributed by atoms with Crippen LogP contribution in [0.3, 0.4) is 0 Å². The first-order valence-corrected chi connectivity index (χ1v) is 9.84. The molecule has 0 aliphatic carbocycles. The largest absolute Gasteiger partial charge is 0.462 e. The lowest BCUT2D eigenvalue weighted by Crippen LogP contribution is -2.27. The number of carbonyl (C=O) groups excluding carboxylic acids is 1. The van der Waals surface area contributed by atoms with Gasteiger partial charge < -0.3 is 4.74 Å². The van der Waals surface area contributed by atoms with Gasteiger partial charge in [-0.3, -0.25) is 14.2 Å². The fraction of sp³-hybridized carbons (Fsp3) is 0.286. The van der Waals surface area contributed by atoms with Crippen molar-refractivity contribution in [2.45, 2.75) is 38.1 Å². The molecule has 0 N–H and O–H groups in total. The summed E-state index contributed by atoms with van der Waals surface area (Å²) in [6.07, 6.45) is -0.173. The van der Waals surface area contributed by atoms with E-state index in [0.717, 1.165) is 5.56 Å². The van der Waals surface area contributed by atoms with E-state index in [-0.39, 0.29) is 29.4 Å². The van der Waals surface area contributed by atoms with Crippen LogP contribution in [0.1, 0.15) is 32.4 Å². The molecule has 0 spiro atoms. The van der Waals surface area contributed by atoms with Crippen molar-refractivity contribution in [3.63, 3.8) is 0 Å². The molecule has 3 aromatic rings. The first-order valence-electron chi connectivity index (χ1n) is 8.86. The molecule has 140 valence electrons. The molecule has 0 aliphatic rings. The van der Waals surface area contributed by atoms with Crippen LogP contribution in [0.4, 0.5) is 0 Å². The number of thioether (sulfide) groups is 1. The Morgan fingerprint density at radius 3 is 2.44 bits per heavy atom. The average Bonchev–Trinajstić information content (AvgIpc) is 2.66. The summed E-state index contributed by atoms with van der Waals surface area (Å²) in [6.45, 7) is 5.58. The van der Waals surface area contributed by atoms with Gasteiger partial charge >= 0.3 is 5.97 Å². The van der Waals surface area contributed by atoms with E-state index in [1.54, 1.807) is 10.6 Å². The number of carbonyl (C=O) groups is 1. The fourth-order valence-corrected chi connectivity index (χ4v) is 3.73. The predicted octanol–water partition coefficient (Wildman–Crippen LogP) is 4.05. The van der Waals surface area contributed by atoms with Gasteiger partial charge in [-0.05, 0) is 38.5 Å². The van der Waals surface area contributed by atoms with Gasteiger partial charge in [0, 0.05) is 0 Å². The molecule has 3 rings (SSSR count). The molecular weight excluding hydrogens is 360 g/mol. The van der Waals surface area contributed by atoms with Crippen LogP contribution >= 0.6 is 11.8 Å². The third-order valence-corrected chi connectivity index (χ3v) is 5.06. The van der Waals surface area contributed by atoms with E-state index < -0.39 is 0 Å². The van der Waals surface area contributed by atoms with E-state index in [2.05, 4.69) is 4.98 Å². The number of nitrogens with zero attached hydrogens (tertiary/aromatic N) is 2. The van der Waals surface area contributed by atoms with Crippen LogP contribution in [0.2, 0.25) is 0 Å². The molecule has 1 aromatic heterocycles. The molecular formula is C21H22N2O3S. The smallest absolute Gasteiger partial charge is 0.316 e. The quantitative estimate of drug-likeness (QED) is 0.366. The molecule has 0 amide bonds. The Kier molecular flexibility index (Phi) is 5.96. The van der Waals surface area contributed by atoms with Crippen LogP contribution in [0.15, 0.2) is 64.5 Å². The van der Waals surface area contributed by atoms with E-state index in [1.807, 2.05) is 69.3 Å². The number of fused-ring (bicyclic) bond motifs is 1. The molecule has 6 heteroatoms. The van der Waals surface area contributed by atoms with E-state index in [1.165, 1.54) is 11.8 Å². The van der Waals surface area contributed by atoms with Crippen LogP contribution in [-0.4, -0.2) is 27.4 Å². The first kappa shape index (κ1) is 19.2. The topological polar surface area (TPSA) is 61.2 Å². The van der Waals surface area contributed by atoms with E-state index in [4.69, 9.17) is 4.74 Å². The van der Waals surface area contributed by atoms with Gasteiger partial charge in [-0.15, -0.1) is 0 Å². The van der Waals surface area contributed by atoms with Gasteiger partial charge in [0.05, 0.1) is 28.8 Å². The van der Waals surface area contributed by atoms with E-state index >= 15 is 0 Å². The Labute approximate surface area is 162 Å². The third-order valence-electron chi connectivity index (χ3n) is 4.13. The van der Waals surface area contributed by atoms with Crippen molar-refractivity contribution >= 4 is 28.6 Å². The molecule has 0 bridgehead atoms. The monoisotopic (exact) mass is 382 g/mol. The maximum atomic E-state index is 13.2. The zero-order valence-corrected chi connectivity index (χ0v) is 16.4. The average molecular weight is 382 g/mol. The number of ether oxygens (including phenoxy) is 1. The predicted molar refractivity (Wildman–Crippen MR) is 108 cm³/mol. The highest BCUT2D eigenvalue weighted by molar-refractivity contribution is 7.99. The van der Waals surface area contributed by atoms with Gasteiger partial charge in [-0.1, -0.05) is 54.2 Å². The molecule has 27 heavy (non-hydrogen) atoms. The molecule has 0 radical (unpaired) electrons. The molecule has 5 nitrogen and oxygen atoms in total. The lowest BCUT2D eigenvalue weighted by Gasteiger charge is -2.20. The van der Waals surface area contributed by atoms with Crippen molar-refractivity contribution < 1.29 is 9.53 Å². The van der Waals surface area contributed by atoms with Crippen molar-refractivity contribution in [2.24, 2.45) is 0 Å². The summed E-state index contributed by atoms with van der Waals surface area (Å²) in [7, 11) is 0. The summed E-state index contributed by atoms with van der Waals surface area (Å²) >= 11 is 1.23. The minimum absolute atomic E-state index is 0.102. The molecule has 1 heterocycles. The molecule has 0 fully saturated rings. The van der Waals surface area contributed by atoms with Crippen LogP contribution in [0.25, 0.3) is 10.9 Å². The van der Waals surface area contributed by atoms with Gasteiger partial charge in [0.25, 0.3) is 5.56 Å². The van der Waals surface area contributed by atoms with Crippen LogP contribution in [0.5, 0.6) is 0 Å². The highest BCUT2D eigenvalue weighted by atomic mass is 32.2. The lowest BCUT2D eigenvalue weighted by atomic mass is 10.1. The molecule has 1 atom stereocenters. The van der Waals surface area contributed by atoms with Crippen molar-refractivity contribution in [1.82, 2.24) is 9.55 Å². The van der Waals surface area contributed by atoms with Crippen molar-refractivity contribution in [2.75, 3.05) is 5.75 Å². The van der Waals surface area contributed by atoms with Gasteiger partial charge in [0.15, 0.2) is 5.16 Å². The van der Waals surface area contributed by atoms with Gasteiger partial charge in [0.1, 0.15) is 0 Å². The Morgan fingerprint density at radius 2 is 1.74 bits per heavy atom. The maximum Gasteiger partial charge on any atom is 0.316 e. The van der Waals surface area contributed by atoms with Crippen LogP contribution in [0, 0.1) is 0 Å². The number of para-hydroxylation sites is 1. The van der Waals surface area contributed by atoms with Crippen LogP contribution in [-0.2, 0) is 9.53 Å². The zero-order chi connectivity index (χ0) is 19.4. The second-order valence-corrected chi connectivity index (χ2v) is 7.44. The molecule has 0 unspecified atom stereocenters. The Bertz CT molecular complexity index is 999. The summed E-state index contributed by atoms with van der Waals surface area (Å²) in [5.74, 6) is -0.221. The maximum absolute atomic E-state index is 13.2. The fourth-order valence-electron chi connectivity index (χ4n) is 2.87. The molecule has 0 saturated heterocycles. The number of aromatic nitrogens is 2. The van der Waals surface area contributed by atoms with Crippen molar-refractivity contribution in [3.05, 3.63) is 70.5 Å². The number of hydrogen-bond donors (Lipinski definition) is 0. The minimum Gasteiger partial charge on any atom is -0.462 e. The number of hydrogen-bond acceptors (Lipinski definition) is 5. The molecule has 0 aliphatic heterocycles. The van der Waals surface area contributed by atoms with Crippen LogP contribution < -0.4 is 5.56 Å². The summed E-state index contributed by atoms with van der Waals surface area (Å²) < 4.78 is 6.86. The second kappa shape index (κ2) is 8.39. The summed E-state index contributed by atoms with van der Waals surface area (Å²) in [6, 6.07) is 16.8. The third kappa shape index (κ3) is 4.39. The van der Waals surface area contributed by atoms with E-state index in [9.17, 15) is 9.59 Å². The van der Waals surface area contributed by atoms with Gasteiger partial charge in [0.2, 0.25) is 0 Å². The standard InChI is InChI=1S/C21H22N2O3S/c1-14(2)26-19(24)13-27-21-22-18-12-8-7-11-17(18)20(25)23(21)15(3)16-9-5-4-6-10-16/h4-12,14-15H,13H2,1-3H3/t15-/m1/s1. The Balaban J connectivity index is 2.05. The van der Waals surface area contributed by atoms with E-state index in [0.29, 0.717) is 16.1 Å². The Hall–Kier alpha value is -2.60. The minimum atomic E-state index is -0.323. The van der Waals surface area contributed by atoms with Gasteiger partial charge in [-0.25, -0.2) is 4.98 Å². The SMILES string of the molecule is CC(C)OC(=O)CSc1nc2ccccc2c(=O)n1[C@H](C)c1ccccc1. The molecule has 0 saturated carbocycles. The summed E-state index contributed by atoms with van der Waals surface area (Å²) in [5, 5.41) is 1.07. The van der Waals surface area contributed by atoms with Crippen molar-refractivity contribution in [3.8, 4) is 0 Å². The highest BCUT2D eigenvalue weighted by Crippen LogP contribution is 2.25. The van der Waals surface area contributed by atoms with Gasteiger partial charge in [-0.2, -0.15) is 0 Å². The lowest BCUT2D eigenvalue weighted by molar-refractivity contribution is -0.144. The Morgan fingerprint density at radius 1 is 1.07 bits per heavy atom. The molecule has 2 aromatic carbocycles. The normalized spacial score (nSPS) is 12.3. The highest BCUT2D eigenvalue weighted by Gasteiger charge is 2.19. The number of rotatable bonds is 6. The number of benzene rings is 2. The summed E-state index contributed by atoms with van der Waals surface area (Å²) in [4.78, 5) is 29.8. The first-order chi connectivity index (χ1) is 13.0. The zero-order valence-electron chi connectivity index (χ0n) is 15.6. The second-order valence-electron chi connectivity index (χ2n) is 6.50. The summed E-state index contributed by atoms with van der Waals surface area (Å²) in [5.41, 5.74) is 1.51. The number of esters is 1.